The van der Waals surface area contributed by atoms with E-state index in [2.05, 4.69) is 22.0 Å². The minimum Gasteiger partial charge on any atom is -0.459 e. The van der Waals surface area contributed by atoms with E-state index in [1.807, 2.05) is 6.07 Å². The van der Waals surface area contributed by atoms with Crippen molar-refractivity contribution in [2.24, 2.45) is 5.92 Å². The zero-order chi connectivity index (χ0) is 18.1. The number of esters is 1. The summed E-state index contributed by atoms with van der Waals surface area (Å²) in [6.07, 6.45) is 3.51. The van der Waals surface area contributed by atoms with E-state index >= 15 is 0 Å². The molecule has 0 radical (unpaired) electrons. The van der Waals surface area contributed by atoms with Crippen molar-refractivity contribution in [1.29, 1.82) is 0 Å². The molecule has 2 aromatic heterocycles. The SMILES string of the molecule is C[C@H]1C[C@@H](COC(=O)c2ccccc2)O[C@H]1c1cnc2c(N)ncnn12. The van der Waals surface area contributed by atoms with E-state index in [0.717, 1.165) is 12.1 Å². The molecule has 3 atom stereocenters. The van der Waals surface area contributed by atoms with Gasteiger partial charge in [-0.2, -0.15) is 5.10 Å². The van der Waals surface area contributed by atoms with Gasteiger partial charge in [-0.05, 0) is 24.5 Å². The Hall–Kier alpha value is -3.00. The third kappa shape index (κ3) is 2.99. The van der Waals surface area contributed by atoms with E-state index in [9.17, 15) is 4.79 Å². The van der Waals surface area contributed by atoms with Gasteiger partial charge in [-0.3, -0.25) is 0 Å². The van der Waals surface area contributed by atoms with Gasteiger partial charge in [-0.25, -0.2) is 19.3 Å². The first-order valence-corrected chi connectivity index (χ1v) is 8.45. The van der Waals surface area contributed by atoms with Crippen molar-refractivity contribution in [2.45, 2.75) is 25.6 Å². The number of imidazole rings is 1. The minimum absolute atomic E-state index is 0.174. The molecule has 0 spiro atoms. The van der Waals surface area contributed by atoms with Crippen LogP contribution >= 0.6 is 0 Å². The number of rotatable bonds is 4. The highest BCUT2D eigenvalue weighted by molar-refractivity contribution is 5.89. The number of fused-ring (bicyclic) bond motifs is 1. The Balaban J connectivity index is 1.44. The van der Waals surface area contributed by atoms with Crippen LogP contribution in [0.15, 0.2) is 42.9 Å². The molecule has 134 valence electrons. The highest BCUT2D eigenvalue weighted by atomic mass is 16.6. The number of carbonyl (C=O) groups is 1. The van der Waals surface area contributed by atoms with E-state index < -0.39 is 0 Å². The fraction of sp³-hybridized carbons (Fsp3) is 0.333. The van der Waals surface area contributed by atoms with E-state index in [1.165, 1.54) is 6.33 Å². The van der Waals surface area contributed by atoms with Crippen molar-refractivity contribution in [3.05, 3.63) is 54.1 Å². The molecule has 1 fully saturated rings. The number of ether oxygens (including phenoxy) is 2. The minimum atomic E-state index is -0.347. The molecule has 26 heavy (non-hydrogen) atoms. The van der Waals surface area contributed by atoms with E-state index in [-0.39, 0.29) is 30.7 Å². The molecule has 2 N–H and O–H groups in total. The monoisotopic (exact) mass is 353 g/mol. The predicted octanol–water partition coefficient (Wildman–Crippen LogP) is 2.03. The summed E-state index contributed by atoms with van der Waals surface area (Å²) in [7, 11) is 0. The average Bonchev–Trinajstić information content (AvgIpc) is 3.24. The lowest BCUT2D eigenvalue weighted by molar-refractivity contribution is -0.0133. The molecule has 0 saturated carbocycles. The second-order valence-electron chi connectivity index (χ2n) is 6.42. The standard InChI is InChI=1S/C18H19N5O3/c1-11-7-13(9-25-18(24)12-5-3-2-4-6-12)26-15(11)14-8-20-17-16(19)21-10-22-23(14)17/h2-6,8,10-11,13,15H,7,9H2,1H3,(H2,19,21,22)/t11-,13-,15+/m0/s1. The molecule has 4 rings (SSSR count). The molecule has 0 unspecified atom stereocenters. The fourth-order valence-corrected chi connectivity index (χ4v) is 3.28. The molecule has 3 heterocycles. The van der Waals surface area contributed by atoms with Crippen LogP contribution in [0.3, 0.4) is 0 Å². The van der Waals surface area contributed by atoms with Crippen LogP contribution in [-0.4, -0.2) is 38.3 Å². The number of carbonyl (C=O) groups excluding carboxylic acids is 1. The van der Waals surface area contributed by atoms with Gasteiger partial charge in [0.15, 0.2) is 11.5 Å². The maximum absolute atomic E-state index is 12.1. The van der Waals surface area contributed by atoms with Crippen LogP contribution in [0.2, 0.25) is 0 Å². The Morgan fingerprint density at radius 1 is 1.35 bits per heavy atom. The predicted molar refractivity (Wildman–Crippen MR) is 93.3 cm³/mol. The zero-order valence-corrected chi connectivity index (χ0v) is 14.3. The van der Waals surface area contributed by atoms with Gasteiger partial charge in [0.2, 0.25) is 0 Å². The summed E-state index contributed by atoms with van der Waals surface area (Å²) < 4.78 is 13.2. The molecule has 1 aliphatic rings. The summed E-state index contributed by atoms with van der Waals surface area (Å²) >= 11 is 0. The summed E-state index contributed by atoms with van der Waals surface area (Å²) in [4.78, 5) is 20.3. The first kappa shape index (κ1) is 16.5. The third-order valence-electron chi connectivity index (χ3n) is 4.55. The summed E-state index contributed by atoms with van der Waals surface area (Å²) in [5, 5.41) is 4.22. The first-order valence-electron chi connectivity index (χ1n) is 8.45. The van der Waals surface area contributed by atoms with Gasteiger partial charge in [0.1, 0.15) is 19.0 Å². The molecule has 3 aromatic rings. The van der Waals surface area contributed by atoms with Crippen LogP contribution in [0.25, 0.3) is 5.65 Å². The summed E-state index contributed by atoms with van der Waals surface area (Å²) in [5.41, 5.74) is 7.69. The number of anilines is 1. The molecule has 1 aliphatic heterocycles. The van der Waals surface area contributed by atoms with Crippen molar-refractivity contribution in [2.75, 3.05) is 12.3 Å². The Labute approximate surface area is 150 Å². The van der Waals surface area contributed by atoms with Crippen molar-refractivity contribution in [3.63, 3.8) is 0 Å². The van der Waals surface area contributed by atoms with Crippen LogP contribution in [0, 0.1) is 5.92 Å². The molecule has 1 saturated heterocycles. The summed E-state index contributed by atoms with van der Waals surface area (Å²) in [6.45, 7) is 2.30. The summed E-state index contributed by atoms with van der Waals surface area (Å²) in [6, 6.07) is 8.92. The third-order valence-corrected chi connectivity index (χ3v) is 4.55. The van der Waals surface area contributed by atoms with Crippen LogP contribution in [0.4, 0.5) is 5.82 Å². The lowest BCUT2D eigenvalue weighted by atomic mass is 10.00. The van der Waals surface area contributed by atoms with E-state index in [0.29, 0.717) is 17.0 Å². The normalized spacial score (nSPS) is 22.6. The largest absolute Gasteiger partial charge is 0.459 e. The number of nitrogen functional groups attached to an aromatic ring is 1. The second-order valence-corrected chi connectivity index (χ2v) is 6.42. The molecule has 0 bridgehead atoms. The molecule has 0 amide bonds. The van der Waals surface area contributed by atoms with E-state index in [1.54, 1.807) is 35.0 Å². The van der Waals surface area contributed by atoms with Gasteiger partial charge in [0.25, 0.3) is 0 Å². The zero-order valence-electron chi connectivity index (χ0n) is 14.3. The molecule has 1 aromatic carbocycles. The maximum Gasteiger partial charge on any atom is 0.338 e. The number of hydrogen-bond donors (Lipinski definition) is 1. The van der Waals surface area contributed by atoms with Gasteiger partial charge in [-0.15, -0.1) is 0 Å². The lowest BCUT2D eigenvalue weighted by Crippen LogP contribution is -2.18. The Morgan fingerprint density at radius 2 is 2.15 bits per heavy atom. The van der Waals surface area contributed by atoms with Crippen LogP contribution < -0.4 is 5.73 Å². The summed E-state index contributed by atoms with van der Waals surface area (Å²) in [5.74, 6) is 0.206. The number of nitrogens with two attached hydrogens (primary N) is 1. The average molecular weight is 353 g/mol. The smallest absolute Gasteiger partial charge is 0.338 e. The molecular weight excluding hydrogens is 334 g/mol. The molecule has 8 nitrogen and oxygen atoms in total. The van der Waals surface area contributed by atoms with Crippen molar-refractivity contribution < 1.29 is 14.3 Å². The molecule has 0 aliphatic carbocycles. The first-order chi connectivity index (χ1) is 12.6. The van der Waals surface area contributed by atoms with Gasteiger partial charge in [0.05, 0.1) is 23.6 Å². The van der Waals surface area contributed by atoms with Gasteiger partial charge < -0.3 is 15.2 Å². The van der Waals surface area contributed by atoms with Crippen molar-refractivity contribution in [3.8, 4) is 0 Å². The number of nitrogens with zero attached hydrogens (tertiary/aromatic N) is 4. The van der Waals surface area contributed by atoms with E-state index in [4.69, 9.17) is 15.2 Å². The second kappa shape index (κ2) is 6.72. The molecular formula is C18H19N5O3. The van der Waals surface area contributed by atoms with Crippen LogP contribution in [0.1, 0.15) is 35.5 Å². The van der Waals surface area contributed by atoms with Crippen molar-refractivity contribution in [1.82, 2.24) is 19.6 Å². The maximum atomic E-state index is 12.1. The van der Waals surface area contributed by atoms with Gasteiger partial charge in [0, 0.05) is 0 Å². The highest BCUT2D eigenvalue weighted by Crippen LogP contribution is 2.38. The Bertz CT molecular complexity index is 927. The van der Waals surface area contributed by atoms with Crippen molar-refractivity contribution >= 4 is 17.4 Å². The lowest BCUT2D eigenvalue weighted by Gasteiger charge is -2.15. The highest BCUT2D eigenvalue weighted by Gasteiger charge is 2.36. The quantitative estimate of drug-likeness (QED) is 0.716. The Morgan fingerprint density at radius 3 is 2.96 bits per heavy atom. The van der Waals surface area contributed by atoms with Gasteiger partial charge >= 0.3 is 5.97 Å². The number of benzene rings is 1. The van der Waals surface area contributed by atoms with Gasteiger partial charge in [-0.1, -0.05) is 25.1 Å². The topological polar surface area (TPSA) is 105 Å². The molecule has 8 heteroatoms. The fourth-order valence-electron chi connectivity index (χ4n) is 3.28. The Kier molecular flexibility index (Phi) is 4.26. The van der Waals surface area contributed by atoms with Crippen LogP contribution in [-0.2, 0) is 9.47 Å². The number of aromatic nitrogens is 4. The van der Waals surface area contributed by atoms with Crippen LogP contribution in [0.5, 0.6) is 0 Å². The number of hydrogen-bond acceptors (Lipinski definition) is 7.